The Kier molecular flexibility index (Phi) is 6.68. The lowest BCUT2D eigenvalue weighted by atomic mass is 10.1. The number of ether oxygens (including phenoxy) is 1. The minimum absolute atomic E-state index is 0.132. The molecule has 0 spiro atoms. The molecule has 0 unspecified atom stereocenters. The van der Waals surface area contributed by atoms with Gasteiger partial charge in [0.05, 0.1) is 12.7 Å². The van der Waals surface area contributed by atoms with Gasteiger partial charge in [0.1, 0.15) is 11.6 Å². The van der Waals surface area contributed by atoms with Gasteiger partial charge in [-0.3, -0.25) is 4.79 Å². The lowest BCUT2D eigenvalue weighted by molar-refractivity contribution is 0.0954. The standard InChI is InChI=1S/C23H26N4O2/c1-27(2)20-9-7-19(8-10-20)26-22-13-6-18(16-25-22)23(28)24-15-14-17-4-11-21(29-3)12-5-17/h4-13,16H,14-15H2,1-3H3,(H,24,28)(H,25,26). The fraction of sp³-hybridized carbons (Fsp3) is 0.217. The number of nitrogens with one attached hydrogen (secondary N) is 2. The molecule has 1 aromatic heterocycles. The molecule has 0 aliphatic heterocycles. The van der Waals surface area contributed by atoms with E-state index in [0.717, 1.165) is 29.1 Å². The highest BCUT2D eigenvalue weighted by molar-refractivity contribution is 5.94. The summed E-state index contributed by atoms with van der Waals surface area (Å²) in [7, 11) is 5.65. The summed E-state index contributed by atoms with van der Waals surface area (Å²) < 4.78 is 5.15. The summed E-state index contributed by atoms with van der Waals surface area (Å²) in [5.41, 5.74) is 3.75. The Morgan fingerprint density at radius 3 is 2.31 bits per heavy atom. The number of nitrogens with zero attached hydrogens (tertiary/aromatic N) is 2. The van der Waals surface area contributed by atoms with Gasteiger partial charge in [0.15, 0.2) is 0 Å². The number of hydrogen-bond acceptors (Lipinski definition) is 5. The van der Waals surface area contributed by atoms with Crippen LogP contribution in [0.25, 0.3) is 0 Å². The topological polar surface area (TPSA) is 66.5 Å². The number of rotatable bonds is 8. The van der Waals surface area contributed by atoms with Crippen LogP contribution >= 0.6 is 0 Å². The Bertz CT molecular complexity index is 921. The van der Waals surface area contributed by atoms with Gasteiger partial charge in [-0.25, -0.2) is 4.98 Å². The van der Waals surface area contributed by atoms with Gasteiger partial charge in [-0.05, 0) is 60.5 Å². The van der Waals surface area contributed by atoms with Crippen molar-refractivity contribution in [3.63, 3.8) is 0 Å². The molecule has 0 bridgehead atoms. The highest BCUT2D eigenvalue weighted by atomic mass is 16.5. The number of anilines is 3. The normalized spacial score (nSPS) is 10.3. The predicted molar refractivity (Wildman–Crippen MR) is 117 cm³/mol. The monoisotopic (exact) mass is 390 g/mol. The molecule has 1 heterocycles. The zero-order valence-electron chi connectivity index (χ0n) is 17.0. The molecule has 150 valence electrons. The van der Waals surface area contributed by atoms with Crippen LogP contribution in [-0.4, -0.2) is 38.6 Å². The number of amides is 1. The smallest absolute Gasteiger partial charge is 0.252 e. The molecule has 0 aliphatic rings. The van der Waals surface area contributed by atoms with Crippen molar-refractivity contribution in [3.8, 4) is 5.75 Å². The molecule has 3 rings (SSSR count). The van der Waals surface area contributed by atoms with Crippen LogP contribution in [0.2, 0.25) is 0 Å². The quantitative estimate of drug-likeness (QED) is 0.611. The van der Waals surface area contributed by atoms with E-state index in [0.29, 0.717) is 17.9 Å². The van der Waals surface area contributed by atoms with E-state index in [1.54, 1.807) is 25.4 Å². The maximum atomic E-state index is 12.3. The van der Waals surface area contributed by atoms with E-state index in [4.69, 9.17) is 4.74 Å². The zero-order chi connectivity index (χ0) is 20.6. The van der Waals surface area contributed by atoms with Crippen molar-refractivity contribution in [3.05, 3.63) is 78.0 Å². The van der Waals surface area contributed by atoms with Gasteiger partial charge >= 0.3 is 0 Å². The van der Waals surface area contributed by atoms with Crippen molar-refractivity contribution in [1.29, 1.82) is 0 Å². The summed E-state index contributed by atoms with van der Waals surface area (Å²) in [5.74, 6) is 1.39. The van der Waals surface area contributed by atoms with Crippen LogP contribution in [0.1, 0.15) is 15.9 Å². The Balaban J connectivity index is 1.50. The Labute approximate surface area is 171 Å². The summed E-state index contributed by atoms with van der Waals surface area (Å²) in [5, 5.41) is 6.17. The van der Waals surface area contributed by atoms with Crippen molar-refractivity contribution in [2.24, 2.45) is 0 Å². The number of methoxy groups -OCH3 is 1. The van der Waals surface area contributed by atoms with Crippen molar-refractivity contribution in [2.75, 3.05) is 38.0 Å². The van der Waals surface area contributed by atoms with E-state index in [9.17, 15) is 4.79 Å². The number of hydrogen-bond donors (Lipinski definition) is 2. The molecule has 0 aliphatic carbocycles. The van der Waals surface area contributed by atoms with Gasteiger partial charge in [0, 0.05) is 38.2 Å². The molecule has 0 radical (unpaired) electrons. The van der Waals surface area contributed by atoms with Gasteiger partial charge in [0.2, 0.25) is 0 Å². The lowest BCUT2D eigenvalue weighted by Gasteiger charge is -2.13. The van der Waals surface area contributed by atoms with E-state index in [1.807, 2.05) is 67.5 Å². The Hall–Kier alpha value is -3.54. The highest BCUT2D eigenvalue weighted by Crippen LogP contribution is 2.19. The first kappa shape index (κ1) is 20.2. The lowest BCUT2D eigenvalue weighted by Crippen LogP contribution is -2.25. The van der Waals surface area contributed by atoms with Crippen LogP contribution in [0.15, 0.2) is 66.9 Å². The number of aromatic nitrogens is 1. The van der Waals surface area contributed by atoms with Gasteiger partial charge in [-0.2, -0.15) is 0 Å². The van der Waals surface area contributed by atoms with Crippen LogP contribution in [0, 0.1) is 0 Å². The molecule has 2 N–H and O–H groups in total. The van der Waals surface area contributed by atoms with Crippen molar-refractivity contribution >= 4 is 23.1 Å². The molecule has 6 heteroatoms. The molecule has 0 atom stereocenters. The molecule has 0 saturated heterocycles. The van der Waals surface area contributed by atoms with Crippen molar-refractivity contribution in [2.45, 2.75) is 6.42 Å². The van der Waals surface area contributed by atoms with Crippen LogP contribution in [0.5, 0.6) is 5.75 Å². The molecule has 0 fully saturated rings. The number of benzene rings is 2. The predicted octanol–water partition coefficient (Wildman–Crippen LogP) is 3.87. The number of carbonyl (C=O) groups is 1. The van der Waals surface area contributed by atoms with E-state index in [-0.39, 0.29) is 5.91 Å². The average Bonchev–Trinajstić information content (AvgIpc) is 2.75. The number of carbonyl (C=O) groups excluding carboxylic acids is 1. The van der Waals surface area contributed by atoms with Gasteiger partial charge in [-0.1, -0.05) is 12.1 Å². The average molecular weight is 390 g/mol. The molecule has 29 heavy (non-hydrogen) atoms. The van der Waals surface area contributed by atoms with Crippen LogP contribution < -0.4 is 20.3 Å². The molecule has 1 amide bonds. The SMILES string of the molecule is COc1ccc(CCNC(=O)c2ccc(Nc3ccc(N(C)C)cc3)nc2)cc1. The van der Waals surface area contributed by atoms with Crippen molar-refractivity contribution < 1.29 is 9.53 Å². The summed E-state index contributed by atoms with van der Waals surface area (Å²) >= 11 is 0. The fourth-order valence-electron chi connectivity index (χ4n) is 2.81. The third-order valence-electron chi connectivity index (χ3n) is 4.54. The molecule has 6 nitrogen and oxygen atoms in total. The molecule has 0 saturated carbocycles. The third-order valence-corrected chi connectivity index (χ3v) is 4.54. The summed E-state index contributed by atoms with van der Waals surface area (Å²) in [6, 6.07) is 19.5. The third kappa shape index (κ3) is 5.72. The summed E-state index contributed by atoms with van der Waals surface area (Å²) in [6.07, 6.45) is 2.34. The zero-order valence-corrected chi connectivity index (χ0v) is 17.0. The Morgan fingerprint density at radius 2 is 1.72 bits per heavy atom. The molecular weight excluding hydrogens is 364 g/mol. The van der Waals surface area contributed by atoms with E-state index < -0.39 is 0 Å². The maximum absolute atomic E-state index is 12.3. The fourth-order valence-corrected chi connectivity index (χ4v) is 2.81. The van der Waals surface area contributed by atoms with E-state index >= 15 is 0 Å². The summed E-state index contributed by atoms with van der Waals surface area (Å²) in [4.78, 5) is 18.7. The van der Waals surface area contributed by atoms with Gasteiger partial charge in [-0.15, -0.1) is 0 Å². The highest BCUT2D eigenvalue weighted by Gasteiger charge is 2.06. The van der Waals surface area contributed by atoms with Crippen LogP contribution in [0.4, 0.5) is 17.2 Å². The summed E-state index contributed by atoms with van der Waals surface area (Å²) in [6.45, 7) is 0.559. The number of pyridine rings is 1. The Morgan fingerprint density at radius 1 is 1.00 bits per heavy atom. The molecule has 2 aromatic carbocycles. The van der Waals surface area contributed by atoms with Crippen LogP contribution in [0.3, 0.4) is 0 Å². The minimum atomic E-state index is -0.132. The van der Waals surface area contributed by atoms with Crippen molar-refractivity contribution in [1.82, 2.24) is 10.3 Å². The first-order valence-electron chi connectivity index (χ1n) is 9.47. The van der Waals surface area contributed by atoms with E-state index in [1.165, 1.54) is 0 Å². The minimum Gasteiger partial charge on any atom is -0.497 e. The van der Waals surface area contributed by atoms with E-state index in [2.05, 4.69) is 15.6 Å². The van der Waals surface area contributed by atoms with Gasteiger partial charge in [0.25, 0.3) is 5.91 Å². The van der Waals surface area contributed by atoms with Gasteiger partial charge < -0.3 is 20.3 Å². The second-order valence-corrected chi connectivity index (χ2v) is 6.85. The molecule has 3 aromatic rings. The largest absolute Gasteiger partial charge is 0.497 e. The van der Waals surface area contributed by atoms with Crippen LogP contribution in [-0.2, 0) is 6.42 Å². The first-order chi connectivity index (χ1) is 14.0. The second kappa shape index (κ2) is 9.59. The molecular formula is C23H26N4O2. The first-order valence-corrected chi connectivity index (χ1v) is 9.47. The maximum Gasteiger partial charge on any atom is 0.252 e. The second-order valence-electron chi connectivity index (χ2n) is 6.85.